The average Bonchev–Trinajstić information content (AvgIpc) is 2.46. The lowest BCUT2D eigenvalue weighted by atomic mass is 10.1. The monoisotopic (exact) mass is 317 g/mol. The van der Waals surface area contributed by atoms with Crippen LogP contribution in [0.4, 0.5) is 0 Å². The molecule has 0 N–H and O–H groups in total. The van der Waals surface area contributed by atoms with Gasteiger partial charge in [0.05, 0.1) is 5.52 Å². The molecule has 21 heavy (non-hydrogen) atoms. The molecule has 0 amide bonds. The van der Waals surface area contributed by atoms with Crippen LogP contribution in [0.5, 0.6) is 0 Å². The van der Waals surface area contributed by atoms with Gasteiger partial charge in [0.2, 0.25) is 0 Å². The van der Waals surface area contributed by atoms with Gasteiger partial charge in [-0.3, -0.25) is 4.98 Å². The second-order valence-corrected chi connectivity index (χ2v) is 5.54. The molecule has 2 aromatic heterocycles. The first kappa shape index (κ1) is 14.2. The Bertz CT molecular complexity index is 808. The minimum absolute atomic E-state index is 0.412. The Hall–Kier alpha value is -1.71. The SMILES string of the molecule is CCc1c(Cl)nc(-c2ccc3nc(C)ccc3c2)nc1Cl. The second kappa shape index (κ2) is 5.58. The first-order valence-corrected chi connectivity index (χ1v) is 7.43. The third-order valence-corrected chi connectivity index (χ3v) is 3.97. The lowest BCUT2D eigenvalue weighted by Gasteiger charge is -2.07. The molecule has 0 aliphatic rings. The van der Waals surface area contributed by atoms with Crippen LogP contribution < -0.4 is 0 Å². The van der Waals surface area contributed by atoms with Gasteiger partial charge in [-0.05, 0) is 37.6 Å². The summed E-state index contributed by atoms with van der Waals surface area (Å²) in [5, 5.41) is 1.86. The van der Waals surface area contributed by atoms with Crippen LogP contribution in [0.2, 0.25) is 10.3 Å². The molecule has 3 rings (SSSR count). The van der Waals surface area contributed by atoms with Crippen molar-refractivity contribution in [3.8, 4) is 11.4 Å². The summed E-state index contributed by atoms with van der Waals surface area (Å²) >= 11 is 12.4. The predicted molar refractivity (Wildman–Crippen MR) is 86.9 cm³/mol. The summed E-state index contributed by atoms with van der Waals surface area (Å²) in [4.78, 5) is 13.2. The molecule has 0 aliphatic carbocycles. The molecule has 0 bridgehead atoms. The molecule has 1 aromatic carbocycles. The Labute approximate surface area is 133 Å². The summed E-state index contributed by atoms with van der Waals surface area (Å²) in [6.07, 6.45) is 0.707. The minimum Gasteiger partial charge on any atom is -0.253 e. The van der Waals surface area contributed by atoms with Crippen molar-refractivity contribution >= 4 is 34.1 Å². The molecule has 0 spiro atoms. The summed E-state index contributed by atoms with van der Waals surface area (Å²) in [7, 11) is 0. The number of benzene rings is 1. The summed E-state index contributed by atoms with van der Waals surface area (Å²) < 4.78 is 0. The highest BCUT2D eigenvalue weighted by atomic mass is 35.5. The van der Waals surface area contributed by atoms with Gasteiger partial charge in [0.15, 0.2) is 5.82 Å². The lowest BCUT2D eigenvalue weighted by molar-refractivity contribution is 1.05. The van der Waals surface area contributed by atoms with E-state index in [0.717, 1.165) is 27.7 Å². The minimum atomic E-state index is 0.412. The number of aromatic nitrogens is 3. The molecule has 0 fully saturated rings. The molecule has 3 nitrogen and oxygen atoms in total. The van der Waals surface area contributed by atoms with E-state index < -0.39 is 0 Å². The van der Waals surface area contributed by atoms with E-state index >= 15 is 0 Å². The van der Waals surface area contributed by atoms with E-state index in [4.69, 9.17) is 23.2 Å². The number of halogens is 2. The third kappa shape index (κ3) is 2.71. The topological polar surface area (TPSA) is 38.7 Å². The van der Waals surface area contributed by atoms with Gasteiger partial charge < -0.3 is 0 Å². The predicted octanol–water partition coefficient (Wildman–Crippen LogP) is 4.87. The Morgan fingerprint density at radius 2 is 1.67 bits per heavy atom. The van der Waals surface area contributed by atoms with Crippen molar-refractivity contribution in [2.75, 3.05) is 0 Å². The van der Waals surface area contributed by atoms with Gasteiger partial charge in [-0.15, -0.1) is 0 Å². The fourth-order valence-electron chi connectivity index (χ4n) is 2.22. The zero-order valence-corrected chi connectivity index (χ0v) is 13.2. The van der Waals surface area contributed by atoms with Gasteiger partial charge >= 0.3 is 0 Å². The molecule has 0 radical (unpaired) electrons. The average molecular weight is 318 g/mol. The number of rotatable bonds is 2. The molecule has 0 aliphatic heterocycles. The van der Waals surface area contributed by atoms with Crippen molar-refractivity contribution in [2.24, 2.45) is 0 Å². The fourth-order valence-corrected chi connectivity index (χ4v) is 2.87. The first-order chi connectivity index (χ1) is 10.1. The van der Waals surface area contributed by atoms with Crippen LogP contribution in [-0.2, 0) is 6.42 Å². The van der Waals surface area contributed by atoms with E-state index in [1.807, 2.05) is 44.2 Å². The zero-order chi connectivity index (χ0) is 15.0. The van der Waals surface area contributed by atoms with Crippen molar-refractivity contribution in [3.63, 3.8) is 0 Å². The van der Waals surface area contributed by atoms with E-state index in [1.54, 1.807) is 0 Å². The Morgan fingerprint density at radius 3 is 2.33 bits per heavy atom. The number of hydrogen-bond acceptors (Lipinski definition) is 3. The van der Waals surface area contributed by atoms with Crippen molar-refractivity contribution in [1.82, 2.24) is 15.0 Å². The molecule has 106 valence electrons. The molecule has 5 heteroatoms. The maximum Gasteiger partial charge on any atom is 0.162 e. The summed E-state index contributed by atoms with van der Waals surface area (Å²) in [5.74, 6) is 0.532. The van der Waals surface area contributed by atoms with Crippen molar-refractivity contribution < 1.29 is 0 Å². The van der Waals surface area contributed by atoms with Crippen LogP contribution in [0.25, 0.3) is 22.3 Å². The molecule has 0 saturated carbocycles. The smallest absolute Gasteiger partial charge is 0.162 e. The van der Waals surface area contributed by atoms with Gasteiger partial charge in [-0.25, -0.2) is 9.97 Å². The summed E-state index contributed by atoms with van der Waals surface area (Å²) in [6.45, 7) is 3.94. The quantitative estimate of drug-likeness (QED) is 0.633. The molecule has 0 atom stereocenters. The van der Waals surface area contributed by atoms with E-state index in [9.17, 15) is 0 Å². The van der Waals surface area contributed by atoms with Gasteiger partial charge in [0, 0.05) is 22.2 Å². The van der Waals surface area contributed by atoms with Crippen LogP contribution in [0.3, 0.4) is 0 Å². The van der Waals surface area contributed by atoms with E-state index in [2.05, 4.69) is 15.0 Å². The van der Waals surface area contributed by atoms with Gasteiger partial charge in [0.1, 0.15) is 10.3 Å². The third-order valence-electron chi connectivity index (χ3n) is 3.35. The van der Waals surface area contributed by atoms with Gasteiger partial charge in [0.25, 0.3) is 0 Å². The maximum atomic E-state index is 6.18. The Morgan fingerprint density at radius 1 is 0.952 bits per heavy atom. The van der Waals surface area contributed by atoms with E-state index in [1.165, 1.54) is 0 Å². The number of pyridine rings is 1. The van der Waals surface area contributed by atoms with Gasteiger partial charge in [-0.1, -0.05) is 36.2 Å². The van der Waals surface area contributed by atoms with Crippen molar-refractivity contribution in [1.29, 1.82) is 0 Å². The van der Waals surface area contributed by atoms with Crippen molar-refractivity contribution in [2.45, 2.75) is 20.3 Å². The van der Waals surface area contributed by atoms with E-state index in [-0.39, 0.29) is 0 Å². The largest absolute Gasteiger partial charge is 0.253 e. The summed E-state index contributed by atoms with van der Waals surface area (Å²) in [6, 6.07) is 9.90. The molecular weight excluding hydrogens is 305 g/mol. The molecule has 3 aromatic rings. The molecule has 2 heterocycles. The standard InChI is InChI=1S/C16H13Cl2N3/c1-3-12-14(17)20-16(21-15(12)18)11-6-7-13-10(8-11)5-4-9(2)19-13/h4-8H,3H2,1-2H3. The van der Waals surface area contributed by atoms with Crippen LogP contribution in [-0.4, -0.2) is 15.0 Å². The van der Waals surface area contributed by atoms with Crippen molar-refractivity contribution in [3.05, 3.63) is 51.9 Å². The van der Waals surface area contributed by atoms with E-state index in [0.29, 0.717) is 22.6 Å². The number of fused-ring (bicyclic) bond motifs is 1. The van der Waals surface area contributed by atoms with Gasteiger partial charge in [-0.2, -0.15) is 0 Å². The highest BCUT2D eigenvalue weighted by molar-refractivity contribution is 6.34. The summed E-state index contributed by atoms with van der Waals surface area (Å²) in [5.41, 5.74) is 3.59. The van der Waals surface area contributed by atoms with Crippen LogP contribution in [0.1, 0.15) is 18.2 Å². The Kier molecular flexibility index (Phi) is 3.79. The molecule has 0 saturated heterocycles. The van der Waals surface area contributed by atoms with Crippen LogP contribution in [0, 0.1) is 6.92 Å². The number of nitrogens with zero attached hydrogens (tertiary/aromatic N) is 3. The molecule has 0 unspecified atom stereocenters. The maximum absolute atomic E-state index is 6.18. The molecular formula is C16H13Cl2N3. The lowest BCUT2D eigenvalue weighted by Crippen LogP contribution is -1.96. The second-order valence-electron chi connectivity index (χ2n) is 4.82. The number of hydrogen-bond donors (Lipinski definition) is 0. The van der Waals surface area contributed by atoms with Crippen LogP contribution >= 0.6 is 23.2 Å². The zero-order valence-electron chi connectivity index (χ0n) is 11.7. The normalized spacial score (nSPS) is 11.0. The first-order valence-electron chi connectivity index (χ1n) is 6.68. The fraction of sp³-hybridized carbons (Fsp3) is 0.188. The highest BCUT2D eigenvalue weighted by Gasteiger charge is 2.11. The Balaban J connectivity index is 2.14. The number of aryl methyl sites for hydroxylation is 1. The van der Waals surface area contributed by atoms with Crippen LogP contribution in [0.15, 0.2) is 30.3 Å². The highest BCUT2D eigenvalue weighted by Crippen LogP contribution is 2.27.